The molecule has 0 aromatic heterocycles. The number of ether oxygens (including phenoxy) is 2. The highest BCUT2D eigenvalue weighted by Crippen LogP contribution is 2.19. The first-order valence-corrected chi connectivity index (χ1v) is 5.21. The average molecular weight is 207 g/mol. The van der Waals surface area contributed by atoms with E-state index in [1.807, 2.05) is 18.2 Å². The molecule has 0 N–H and O–H groups in total. The van der Waals surface area contributed by atoms with E-state index < -0.39 is 0 Å². The van der Waals surface area contributed by atoms with Crippen molar-refractivity contribution in [3.8, 4) is 5.75 Å². The lowest BCUT2D eigenvalue weighted by Gasteiger charge is -2.17. The second-order valence-corrected chi connectivity index (χ2v) is 3.96. The third kappa shape index (κ3) is 2.94. The van der Waals surface area contributed by atoms with Crippen LogP contribution in [0, 0.1) is 0 Å². The van der Waals surface area contributed by atoms with Gasteiger partial charge >= 0.3 is 0 Å². The van der Waals surface area contributed by atoms with Gasteiger partial charge in [0.2, 0.25) is 0 Å². The summed E-state index contributed by atoms with van der Waals surface area (Å²) in [6.07, 6.45) is 0.449. The van der Waals surface area contributed by atoms with Crippen LogP contribution in [0.2, 0.25) is 0 Å². The third-order valence-corrected chi connectivity index (χ3v) is 2.55. The Kier molecular flexibility index (Phi) is 3.23. The Balaban J connectivity index is 1.95. The van der Waals surface area contributed by atoms with E-state index in [0.717, 1.165) is 25.4 Å². The fourth-order valence-electron chi connectivity index (χ4n) is 1.71. The molecule has 1 heterocycles. The number of likely N-dealkylation sites (N-methyl/N-ethyl adjacent to an activating group) is 1. The number of para-hydroxylation sites is 1. The Hall–Kier alpha value is -1.06. The Morgan fingerprint density at radius 2 is 2.20 bits per heavy atom. The fourth-order valence-corrected chi connectivity index (χ4v) is 1.71. The number of benzene rings is 1. The van der Waals surface area contributed by atoms with Crippen LogP contribution in [0.25, 0.3) is 0 Å². The molecular weight excluding hydrogens is 190 g/mol. The molecule has 1 aliphatic heterocycles. The molecule has 0 spiro atoms. The van der Waals surface area contributed by atoms with E-state index in [4.69, 9.17) is 9.47 Å². The molecule has 82 valence electrons. The molecule has 0 saturated carbocycles. The van der Waals surface area contributed by atoms with Crippen LogP contribution in [0.3, 0.4) is 0 Å². The van der Waals surface area contributed by atoms with Crippen molar-refractivity contribution in [2.24, 2.45) is 0 Å². The summed E-state index contributed by atoms with van der Waals surface area (Å²) in [4.78, 5) is 2.26. The average Bonchev–Trinajstić information content (AvgIpc) is 3.02. The predicted molar refractivity (Wildman–Crippen MR) is 59.1 cm³/mol. The number of epoxide rings is 1. The SMILES string of the molecule is COc1ccccc1CN(C)CC1CO1. The van der Waals surface area contributed by atoms with E-state index in [2.05, 4.69) is 18.0 Å². The highest BCUT2D eigenvalue weighted by atomic mass is 16.6. The highest BCUT2D eigenvalue weighted by Gasteiger charge is 2.24. The first kappa shape index (κ1) is 10.5. The molecule has 15 heavy (non-hydrogen) atoms. The van der Waals surface area contributed by atoms with Crippen molar-refractivity contribution in [2.45, 2.75) is 12.6 Å². The molecule has 1 fully saturated rings. The largest absolute Gasteiger partial charge is 0.496 e. The molecule has 1 atom stereocenters. The molecule has 0 bridgehead atoms. The zero-order valence-corrected chi connectivity index (χ0v) is 9.27. The molecule has 3 heteroatoms. The van der Waals surface area contributed by atoms with Gasteiger partial charge in [0.25, 0.3) is 0 Å². The maximum atomic E-state index is 5.31. The highest BCUT2D eigenvalue weighted by molar-refractivity contribution is 5.32. The summed E-state index contributed by atoms with van der Waals surface area (Å²) in [5.74, 6) is 0.959. The van der Waals surface area contributed by atoms with Crippen molar-refractivity contribution in [3.63, 3.8) is 0 Å². The van der Waals surface area contributed by atoms with Gasteiger partial charge in [-0.05, 0) is 13.1 Å². The molecule has 3 nitrogen and oxygen atoms in total. The third-order valence-electron chi connectivity index (χ3n) is 2.55. The van der Waals surface area contributed by atoms with Crippen molar-refractivity contribution >= 4 is 0 Å². The number of nitrogens with zero attached hydrogens (tertiary/aromatic N) is 1. The lowest BCUT2D eigenvalue weighted by atomic mass is 10.2. The van der Waals surface area contributed by atoms with Gasteiger partial charge in [-0.2, -0.15) is 0 Å². The van der Waals surface area contributed by atoms with Crippen LogP contribution in [-0.4, -0.2) is 38.3 Å². The van der Waals surface area contributed by atoms with Crippen LogP contribution >= 0.6 is 0 Å². The van der Waals surface area contributed by atoms with Crippen molar-refractivity contribution < 1.29 is 9.47 Å². The van der Waals surface area contributed by atoms with Gasteiger partial charge in [-0.3, -0.25) is 4.90 Å². The summed E-state index contributed by atoms with van der Waals surface area (Å²) in [7, 11) is 3.82. The molecule has 1 aromatic carbocycles. The van der Waals surface area contributed by atoms with Crippen LogP contribution in [0.15, 0.2) is 24.3 Å². The van der Waals surface area contributed by atoms with Crippen LogP contribution < -0.4 is 4.74 Å². The van der Waals surface area contributed by atoms with E-state index in [1.54, 1.807) is 7.11 Å². The summed E-state index contributed by atoms with van der Waals surface area (Å²) in [6.45, 7) is 2.82. The molecule has 0 radical (unpaired) electrons. The van der Waals surface area contributed by atoms with Crippen molar-refractivity contribution in [2.75, 3.05) is 27.3 Å². The predicted octanol–water partition coefficient (Wildman–Crippen LogP) is 1.53. The molecule has 1 aliphatic rings. The first-order chi connectivity index (χ1) is 7.29. The van der Waals surface area contributed by atoms with Crippen LogP contribution in [-0.2, 0) is 11.3 Å². The molecule has 1 aromatic rings. The molecule has 0 aliphatic carbocycles. The van der Waals surface area contributed by atoms with Gasteiger partial charge in [-0.15, -0.1) is 0 Å². The zero-order chi connectivity index (χ0) is 10.7. The molecule has 1 saturated heterocycles. The minimum absolute atomic E-state index is 0.449. The molecular formula is C12H17NO2. The second kappa shape index (κ2) is 4.64. The van der Waals surface area contributed by atoms with Crippen LogP contribution in [0.1, 0.15) is 5.56 Å². The van der Waals surface area contributed by atoms with Crippen molar-refractivity contribution in [1.29, 1.82) is 0 Å². The Morgan fingerprint density at radius 1 is 1.47 bits per heavy atom. The summed E-state index contributed by atoms with van der Waals surface area (Å²) < 4.78 is 10.5. The van der Waals surface area contributed by atoms with E-state index in [0.29, 0.717) is 6.10 Å². The van der Waals surface area contributed by atoms with Gasteiger partial charge in [0, 0.05) is 18.7 Å². The second-order valence-electron chi connectivity index (χ2n) is 3.96. The molecule has 2 rings (SSSR count). The van der Waals surface area contributed by atoms with Gasteiger partial charge in [0.05, 0.1) is 19.8 Å². The Labute approximate surface area is 90.6 Å². The molecule has 0 amide bonds. The van der Waals surface area contributed by atoms with E-state index >= 15 is 0 Å². The zero-order valence-electron chi connectivity index (χ0n) is 9.27. The smallest absolute Gasteiger partial charge is 0.123 e. The summed E-state index contributed by atoms with van der Waals surface area (Å²) in [5, 5.41) is 0. The van der Waals surface area contributed by atoms with Gasteiger partial charge < -0.3 is 9.47 Å². The van der Waals surface area contributed by atoms with Crippen molar-refractivity contribution in [1.82, 2.24) is 4.90 Å². The Morgan fingerprint density at radius 3 is 2.87 bits per heavy atom. The topological polar surface area (TPSA) is 25.0 Å². The first-order valence-electron chi connectivity index (χ1n) is 5.21. The van der Waals surface area contributed by atoms with Gasteiger partial charge in [0.15, 0.2) is 0 Å². The standard InChI is InChI=1S/C12H17NO2/c1-13(8-11-9-15-11)7-10-5-3-4-6-12(10)14-2/h3-6,11H,7-9H2,1-2H3. The lowest BCUT2D eigenvalue weighted by Crippen LogP contribution is -2.23. The van der Waals surface area contributed by atoms with E-state index in [1.165, 1.54) is 5.56 Å². The van der Waals surface area contributed by atoms with Gasteiger partial charge in [-0.1, -0.05) is 18.2 Å². The Bertz CT molecular complexity index is 323. The number of rotatable bonds is 5. The number of hydrogen-bond acceptors (Lipinski definition) is 3. The van der Waals surface area contributed by atoms with Crippen LogP contribution in [0.4, 0.5) is 0 Å². The maximum Gasteiger partial charge on any atom is 0.123 e. The minimum atomic E-state index is 0.449. The quantitative estimate of drug-likeness (QED) is 0.684. The van der Waals surface area contributed by atoms with E-state index in [9.17, 15) is 0 Å². The summed E-state index contributed by atoms with van der Waals surface area (Å²) in [5.41, 5.74) is 1.23. The lowest BCUT2D eigenvalue weighted by molar-refractivity contribution is 0.274. The number of hydrogen-bond donors (Lipinski definition) is 0. The monoisotopic (exact) mass is 207 g/mol. The molecule has 1 unspecified atom stereocenters. The maximum absolute atomic E-state index is 5.31. The fraction of sp³-hybridized carbons (Fsp3) is 0.500. The summed E-state index contributed by atoms with van der Waals surface area (Å²) >= 11 is 0. The van der Waals surface area contributed by atoms with E-state index in [-0.39, 0.29) is 0 Å². The van der Waals surface area contributed by atoms with Gasteiger partial charge in [0.1, 0.15) is 5.75 Å². The van der Waals surface area contributed by atoms with Gasteiger partial charge in [-0.25, -0.2) is 0 Å². The summed E-state index contributed by atoms with van der Waals surface area (Å²) in [6, 6.07) is 8.13. The van der Waals surface area contributed by atoms with Crippen molar-refractivity contribution in [3.05, 3.63) is 29.8 Å². The van der Waals surface area contributed by atoms with Crippen LogP contribution in [0.5, 0.6) is 5.75 Å². The number of methoxy groups -OCH3 is 1. The minimum Gasteiger partial charge on any atom is -0.496 e. The normalized spacial score (nSPS) is 19.3.